The Hall–Kier alpha value is -2.16. The standard InChI is InChI=1S/C24H34FNO/c1-4-6-8-12-20(3)13-10-11-19-26-24(27)23(14-9-7-5-2)21-15-17-22(25)18-16-21/h4,6,8,12,15-18,23H,1,5,7,9-11,13-14,19H2,2-3H3,(H,26,27)/b8-6-,20-12+. The van der Waals surface area contributed by atoms with E-state index in [1.807, 2.05) is 12.2 Å². The first-order valence-corrected chi connectivity index (χ1v) is 10.1. The Morgan fingerprint density at radius 3 is 2.56 bits per heavy atom. The van der Waals surface area contributed by atoms with Gasteiger partial charge in [0.2, 0.25) is 5.91 Å². The number of carbonyl (C=O) groups excluding carboxylic acids is 1. The average Bonchev–Trinajstić information content (AvgIpc) is 2.66. The third-order valence-corrected chi connectivity index (χ3v) is 4.61. The summed E-state index contributed by atoms with van der Waals surface area (Å²) in [4.78, 5) is 12.7. The Labute approximate surface area is 164 Å². The van der Waals surface area contributed by atoms with Crippen molar-refractivity contribution >= 4 is 5.91 Å². The molecule has 0 aliphatic heterocycles. The van der Waals surface area contributed by atoms with Crippen molar-refractivity contribution in [1.29, 1.82) is 0 Å². The van der Waals surface area contributed by atoms with E-state index < -0.39 is 0 Å². The fraction of sp³-hybridized carbons (Fsp3) is 0.458. The van der Waals surface area contributed by atoms with Gasteiger partial charge >= 0.3 is 0 Å². The lowest BCUT2D eigenvalue weighted by atomic mass is 9.92. The predicted octanol–water partition coefficient (Wildman–Crippen LogP) is 6.46. The smallest absolute Gasteiger partial charge is 0.227 e. The minimum absolute atomic E-state index is 0.0545. The summed E-state index contributed by atoms with van der Waals surface area (Å²) in [5.74, 6) is -0.403. The van der Waals surface area contributed by atoms with E-state index in [1.165, 1.54) is 17.7 Å². The van der Waals surface area contributed by atoms with Crippen molar-refractivity contribution < 1.29 is 9.18 Å². The van der Waals surface area contributed by atoms with Crippen LogP contribution >= 0.6 is 0 Å². The van der Waals surface area contributed by atoms with E-state index in [0.29, 0.717) is 6.54 Å². The van der Waals surface area contributed by atoms with Crippen molar-refractivity contribution in [3.05, 3.63) is 72.1 Å². The average molecular weight is 372 g/mol. The van der Waals surface area contributed by atoms with E-state index in [4.69, 9.17) is 0 Å². The van der Waals surface area contributed by atoms with E-state index in [9.17, 15) is 9.18 Å². The van der Waals surface area contributed by atoms with Crippen molar-refractivity contribution in [2.75, 3.05) is 6.54 Å². The molecule has 0 spiro atoms. The summed E-state index contributed by atoms with van der Waals surface area (Å²) in [6.45, 7) is 8.59. The fourth-order valence-electron chi connectivity index (χ4n) is 2.99. The van der Waals surface area contributed by atoms with Crippen LogP contribution in [0.15, 0.2) is 60.7 Å². The van der Waals surface area contributed by atoms with Gasteiger partial charge in [0, 0.05) is 6.54 Å². The fourth-order valence-corrected chi connectivity index (χ4v) is 2.99. The molecule has 1 unspecified atom stereocenters. The molecule has 1 amide bonds. The van der Waals surface area contributed by atoms with Crippen LogP contribution in [-0.4, -0.2) is 12.5 Å². The van der Waals surface area contributed by atoms with Gasteiger partial charge in [-0.25, -0.2) is 4.39 Å². The Morgan fingerprint density at radius 2 is 1.89 bits per heavy atom. The van der Waals surface area contributed by atoms with Crippen molar-refractivity contribution in [3.8, 4) is 0 Å². The van der Waals surface area contributed by atoms with Crippen molar-refractivity contribution in [1.82, 2.24) is 5.32 Å². The first-order valence-electron chi connectivity index (χ1n) is 10.1. The minimum atomic E-state index is -0.266. The summed E-state index contributed by atoms with van der Waals surface area (Å²) in [6.07, 6.45) is 14.8. The van der Waals surface area contributed by atoms with Gasteiger partial charge in [0.15, 0.2) is 0 Å². The van der Waals surface area contributed by atoms with Crippen LogP contribution in [0.4, 0.5) is 4.39 Å². The highest BCUT2D eigenvalue weighted by atomic mass is 19.1. The largest absolute Gasteiger partial charge is 0.356 e. The lowest BCUT2D eigenvalue weighted by Gasteiger charge is -2.17. The topological polar surface area (TPSA) is 29.1 Å². The number of hydrogen-bond acceptors (Lipinski definition) is 1. The predicted molar refractivity (Wildman–Crippen MR) is 113 cm³/mol. The lowest BCUT2D eigenvalue weighted by molar-refractivity contribution is -0.122. The second kappa shape index (κ2) is 14.0. The van der Waals surface area contributed by atoms with Crippen LogP contribution in [0, 0.1) is 5.82 Å². The summed E-state index contributed by atoms with van der Waals surface area (Å²) in [5.41, 5.74) is 2.22. The quantitative estimate of drug-likeness (QED) is 0.313. The number of nitrogens with one attached hydrogen (secondary N) is 1. The minimum Gasteiger partial charge on any atom is -0.356 e. The van der Waals surface area contributed by atoms with Gasteiger partial charge in [-0.05, 0) is 50.3 Å². The number of amides is 1. The molecule has 3 heteroatoms. The van der Waals surface area contributed by atoms with Gasteiger partial charge in [0.25, 0.3) is 0 Å². The number of rotatable bonds is 13. The molecule has 1 aromatic carbocycles. The molecule has 1 N–H and O–H groups in total. The van der Waals surface area contributed by atoms with Gasteiger partial charge in [0.1, 0.15) is 5.82 Å². The molecule has 1 aromatic rings. The molecule has 0 radical (unpaired) electrons. The van der Waals surface area contributed by atoms with E-state index in [-0.39, 0.29) is 17.6 Å². The molecule has 0 bridgehead atoms. The highest BCUT2D eigenvalue weighted by Crippen LogP contribution is 2.23. The van der Waals surface area contributed by atoms with Gasteiger partial charge in [0.05, 0.1) is 5.92 Å². The number of hydrogen-bond donors (Lipinski definition) is 1. The molecule has 0 aliphatic rings. The zero-order valence-electron chi connectivity index (χ0n) is 16.8. The zero-order chi connectivity index (χ0) is 19.9. The van der Waals surface area contributed by atoms with Crippen LogP contribution in [0.1, 0.15) is 70.3 Å². The third kappa shape index (κ3) is 9.93. The van der Waals surface area contributed by atoms with Crippen LogP contribution in [-0.2, 0) is 4.79 Å². The molecule has 1 atom stereocenters. The van der Waals surface area contributed by atoms with Gasteiger partial charge in [-0.2, -0.15) is 0 Å². The highest BCUT2D eigenvalue weighted by Gasteiger charge is 2.19. The van der Waals surface area contributed by atoms with E-state index in [0.717, 1.165) is 50.5 Å². The number of allylic oxidation sites excluding steroid dienone is 5. The Morgan fingerprint density at radius 1 is 1.15 bits per heavy atom. The SMILES string of the molecule is C=C/C=C\C=C(/C)CCCCNC(=O)C(CCCCC)c1ccc(F)cc1. The van der Waals surface area contributed by atoms with Gasteiger partial charge < -0.3 is 5.32 Å². The summed E-state index contributed by atoms with van der Waals surface area (Å²) in [7, 11) is 0. The number of benzene rings is 1. The first-order chi connectivity index (χ1) is 13.1. The molecule has 0 saturated heterocycles. The summed E-state index contributed by atoms with van der Waals surface area (Å²) in [6, 6.07) is 6.34. The first kappa shape index (κ1) is 22.9. The van der Waals surface area contributed by atoms with Crippen LogP contribution in [0.5, 0.6) is 0 Å². The van der Waals surface area contributed by atoms with Crippen LogP contribution in [0.25, 0.3) is 0 Å². The molecule has 0 saturated carbocycles. The number of carbonyl (C=O) groups is 1. The Kier molecular flexibility index (Phi) is 11.8. The van der Waals surface area contributed by atoms with E-state index >= 15 is 0 Å². The van der Waals surface area contributed by atoms with Crippen molar-refractivity contribution in [2.24, 2.45) is 0 Å². The summed E-state index contributed by atoms with van der Waals surface area (Å²) in [5, 5.41) is 3.07. The third-order valence-electron chi connectivity index (χ3n) is 4.61. The molecule has 0 heterocycles. The Balaban J connectivity index is 2.46. The normalized spacial score (nSPS) is 12.9. The molecule has 2 nitrogen and oxygen atoms in total. The summed E-state index contributed by atoms with van der Waals surface area (Å²) >= 11 is 0. The maximum absolute atomic E-state index is 13.2. The molecule has 27 heavy (non-hydrogen) atoms. The van der Waals surface area contributed by atoms with Gasteiger partial charge in [-0.3, -0.25) is 4.79 Å². The van der Waals surface area contributed by atoms with Crippen LogP contribution in [0.2, 0.25) is 0 Å². The maximum atomic E-state index is 13.2. The van der Waals surface area contributed by atoms with Crippen LogP contribution in [0.3, 0.4) is 0 Å². The lowest BCUT2D eigenvalue weighted by Crippen LogP contribution is -2.30. The van der Waals surface area contributed by atoms with E-state index in [1.54, 1.807) is 18.2 Å². The Bertz CT molecular complexity index is 616. The molecule has 0 aromatic heterocycles. The van der Waals surface area contributed by atoms with E-state index in [2.05, 4.69) is 31.8 Å². The second-order valence-electron chi connectivity index (χ2n) is 6.98. The summed E-state index contributed by atoms with van der Waals surface area (Å²) < 4.78 is 13.2. The monoisotopic (exact) mass is 371 g/mol. The van der Waals surface area contributed by atoms with Crippen LogP contribution < -0.4 is 5.32 Å². The molecule has 0 aliphatic carbocycles. The van der Waals surface area contributed by atoms with Gasteiger partial charge in [-0.1, -0.05) is 74.8 Å². The van der Waals surface area contributed by atoms with Crippen molar-refractivity contribution in [2.45, 2.75) is 64.7 Å². The molecule has 1 rings (SSSR count). The second-order valence-corrected chi connectivity index (χ2v) is 6.98. The molecule has 0 fully saturated rings. The van der Waals surface area contributed by atoms with Crippen molar-refractivity contribution in [3.63, 3.8) is 0 Å². The number of halogens is 1. The maximum Gasteiger partial charge on any atom is 0.227 e. The van der Waals surface area contributed by atoms with Gasteiger partial charge in [-0.15, -0.1) is 0 Å². The molecular weight excluding hydrogens is 337 g/mol. The molecule has 148 valence electrons. The zero-order valence-corrected chi connectivity index (χ0v) is 16.8. The highest BCUT2D eigenvalue weighted by molar-refractivity contribution is 5.83. The molecular formula is C24H34FNO. The number of unbranched alkanes of at least 4 members (excludes halogenated alkanes) is 3.